The molecule has 0 radical (unpaired) electrons. The molecule has 6 rings (SSSR count). The second-order valence-corrected chi connectivity index (χ2v) is 11.5. The SMILES string of the molecule is C=CC(=O)N1CCN(c2nc(OC[C@@H]3CCCN3C)nc3c2CN(C2CCc4ccccc42)C3)C[C@@H]1CCC#N. The number of carbonyl (C=O) groups is 1. The molecule has 2 saturated heterocycles. The van der Waals surface area contributed by atoms with Gasteiger partial charge in [-0.3, -0.25) is 9.69 Å². The van der Waals surface area contributed by atoms with E-state index in [1.54, 1.807) is 0 Å². The molecule has 0 saturated carbocycles. The average Bonchev–Trinajstić information content (AvgIpc) is 3.71. The van der Waals surface area contributed by atoms with E-state index in [4.69, 9.17) is 14.7 Å². The quantitative estimate of drug-likeness (QED) is 0.470. The molecule has 1 aromatic carbocycles. The van der Waals surface area contributed by atoms with Gasteiger partial charge in [-0.05, 0) is 62.9 Å². The van der Waals surface area contributed by atoms with Crippen molar-refractivity contribution in [3.05, 3.63) is 59.3 Å². The highest BCUT2D eigenvalue weighted by Gasteiger charge is 2.37. The van der Waals surface area contributed by atoms with Crippen molar-refractivity contribution in [2.24, 2.45) is 0 Å². The van der Waals surface area contributed by atoms with Crippen molar-refractivity contribution < 1.29 is 9.53 Å². The van der Waals surface area contributed by atoms with E-state index in [9.17, 15) is 10.1 Å². The number of nitrogens with zero attached hydrogens (tertiary/aromatic N) is 7. The van der Waals surface area contributed by atoms with Gasteiger partial charge >= 0.3 is 6.01 Å². The maximum atomic E-state index is 12.6. The van der Waals surface area contributed by atoms with Gasteiger partial charge in [0, 0.05) is 56.8 Å². The van der Waals surface area contributed by atoms with Gasteiger partial charge in [-0.25, -0.2) is 0 Å². The third-order valence-electron chi connectivity index (χ3n) is 9.21. The minimum atomic E-state index is -0.0775. The number of aryl methyl sites for hydroxylation is 1. The third kappa shape index (κ3) is 5.18. The Kier molecular flexibility index (Phi) is 7.72. The van der Waals surface area contributed by atoms with Gasteiger partial charge in [0.05, 0.1) is 17.8 Å². The Balaban J connectivity index is 1.28. The molecular formula is C31H39N7O2. The number of hydrogen-bond acceptors (Lipinski definition) is 8. The van der Waals surface area contributed by atoms with Crippen molar-refractivity contribution in [1.82, 2.24) is 24.7 Å². The number of piperazine rings is 1. The molecular weight excluding hydrogens is 502 g/mol. The lowest BCUT2D eigenvalue weighted by Gasteiger charge is -2.42. The highest BCUT2D eigenvalue weighted by molar-refractivity contribution is 5.87. The van der Waals surface area contributed by atoms with Crippen LogP contribution in [0.1, 0.15) is 60.5 Å². The van der Waals surface area contributed by atoms with Crippen LogP contribution in [0.3, 0.4) is 0 Å². The van der Waals surface area contributed by atoms with E-state index in [2.05, 4.69) is 58.7 Å². The summed E-state index contributed by atoms with van der Waals surface area (Å²) >= 11 is 0. The number of carbonyl (C=O) groups excluding carboxylic acids is 1. The Bertz CT molecular complexity index is 1310. The highest BCUT2D eigenvalue weighted by Crippen LogP contribution is 2.42. The van der Waals surface area contributed by atoms with Gasteiger partial charge in [0.1, 0.15) is 12.4 Å². The van der Waals surface area contributed by atoms with Gasteiger partial charge in [-0.15, -0.1) is 0 Å². The van der Waals surface area contributed by atoms with Crippen LogP contribution in [-0.2, 0) is 24.3 Å². The summed E-state index contributed by atoms with van der Waals surface area (Å²) in [6, 6.07) is 12.2. The van der Waals surface area contributed by atoms with E-state index in [1.165, 1.54) is 23.6 Å². The number of likely N-dealkylation sites (tertiary alicyclic amines) is 1. The van der Waals surface area contributed by atoms with Crippen LogP contribution >= 0.6 is 0 Å². The first-order chi connectivity index (χ1) is 19.6. The molecule has 4 aliphatic rings. The number of fused-ring (bicyclic) bond motifs is 2. The van der Waals surface area contributed by atoms with Crippen molar-refractivity contribution >= 4 is 11.7 Å². The lowest BCUT2D eigenvalue weighted by atomic mass is 10.1. The van der Waals surface area contributed by atoms with Gasteiger partial charge in [-0.1, -0.05) is 30.8 Å². The minimum absolute atomic E-state index is 0.0692. The first-order valence-electron chi connectivity index (χ1n) is 14.6. The van der Waals surface area contributed by atoms with E-state index >= 15 is 0 Å². The maximum absolute atomic E-state index is 12.6. The average molecular weight is 542 g/mol. The number of aromatic nitrogens is 2. The summed E-state index contributed by atoms with van der Waals surface area (Å²) in [6.45, 7) is 8.81. The Hall–Kier alpha value is -3.48. The number of anilines is 1. The second-order valence-electron chi connectivity index (χ2n) is 11.5. The summed E-state index contributed by atoms with van der Waals surface area (Å²) < 4.78 is 6.27. The number of benzene rings is 1. The van der Waals surface area contributed by atoms with Crippen LogP contribution in [-0.4, -0.2) is 82.5 Å². The smallest absolute Gasteiger partial charge is 0.318 e. The summed E-state index contributed by atoms with van der Waals surface area (Å²) in [7, 11) is 2.15. The molecule has 1 amide bonds. The summed E-state index contributed by atoms with van der Waals surface area (Å²) in [5, 5.41) is 9.26. The maximum Gasteiger partial charge on any atom is 0.318 e. The molecule has 2 fully saturated rings. The monoisotopic (exact) mass is 541 g/mol. The molecule has 3 atom stereocenters. The van der Waals surface area contributed by atoms with E-state index in [-0.39, 0.29) is 11.9 Å². The fourth-order valence-electron chi connectivity index (χ4n) is 6.99. The molecule has 0 bridgehead atoms. The summed E-state index contributed by atoms with van der Waals surface area (Å²) in [5.74, 6) is 0.840. The Morgan fingerprint density at radius 1 is 1.18 bits per heavy atom. The number of ether oxygens (including phenoxy) is 1. The molecule has 2 aromatic rings. The zero-order valence-corrected chi connectivity index (χ0v) is 23.5. The largest absolute Gasteiger partial charge is 0.462 e. The number of nitriles is 1. The van der Waals surface area contributed by atoms with E-state index in [0.717, 1.165) is 56.0 Å². The number of amides is 1. The molecule has 40 heavy (non-hydrogen) atoms. The van der Waals surface area contributed by atoms with Gasteiger partial charge in [0.25, 0.3) is 0 Å². The Labute approximate surface area is 237 Å². The van der Waals surface area contributed by atoms with E-state index in [0.29, 0.717) is 57.2 Å². The van der Waals surface area contributed by atoms with Gasteiger partial charge in [0.2, 0.25) is 5.91 Å². The molecule has 1 aliphatic carbocycles. The molecule has 0 spiro atoms. The fourth-order valence-corrected chi connectivity index (χ4v) is 6.99. The molecule has 9 heteroatoms. The van der Waals surface area contributed by atoms with Crippen molar-refractivity contribution in [3.8, 4) is 12.1 Å². The summed E-state index contributed by atoms with van der Waals surface area (Å²) in [5.41, 5.74) is 5.08. The minimum Gasteiger partial charge on any atom is -0.462 e. The molecule has 3 aliphatic heterocycles. The first kappa shape index (κ1) is 26.7. The second kappa shape index (κ2) is 11.6. The molecule has 9 nitrogen and oxygen atoms in total. The zero-order chi connectivity index (χ0) is 27.6. The molecule has 4 heterocycles. The standard InChI is InChI=1S/C31H39N7O2/c1-3-29(39)38-17-16-36(18-23(38)9-6-14-32)30-26-19-37(28-13-12-22-8-4-5-11-25(22)28)20-27(26)33-31(34-30)40-21-24-10-7-15-35(24)2/h3-5,8,11,23-24,28H,1,6-7,9-10,12-13,15-21H2,2H3/t23-,24-,28?/m0/s1. The van der Waals surface area contributed by atoms with Crippen molar-refractivity contribution in [3.63, 3.8) is 0 Å². The van der Waals surface area contributed by atoms with E-state index < -0.39 is 0 Å². The van der Waals surface area contributed by atoms with E-state index in [1.807, 2.05) is 4.90 Å². The van der Waals surface area contributed by atoms with Crippen molar-refractivity contribution in [2.75, 3.05) is 44.7 Å². The van der Waals surface area contributed by atoms with Crippen LogP contribution in [0, 0.1) is 11.3 Å². The molecule has 1 aromatic heterocycles. The van der Waals surface area contributed by atoms with Crippen LogP contribution in [0.15, 0.2) is 36.9 Å². The van der Waals surface area contributed by atoms with Crippen LogP contribution in [0.5, 0.6) is 6.01 Å². The fraction of sp³-hybridized carbons (Fsp3) is 0.548. The lowest BCUT2D eigenvalue weighted by Crippen LogP contribution is -2.55. The topological polar surface area (TPSA) is 88.8 Å². The van der Waals surface area contributed by atoms with Gasteiger partial charge in [0.15, 0.2) is 0 Å². The molecule has 0 N–H and O–H groups in total. The predicted molar refractivity (Wildman–Crippen MR) is 153 cm³/mol. The summed E-state index contributed by atoms with van der Waals surface area (Å²) in [6.07, 6.45) is 6.95. The predicted octanol–water partition coefficient (Wildman–Crippen LogP) is 3.46. The van der Waals surface area contributed by atoms with Crippen molar-refractivity contribution in [1.29, 1.82) is 5.26 Å². The Morgan fingerprint density at radius 3 is 2.85 bits per heavy atom. The van der Waals surface area contributed by atoms with Crippen molar-refractivity contribution in [2.45, 2.75) is 69.7 Å². The lowest BCUT2D eigenvalue weighted by molar-refractivity contribution is -0.128. The normalized spacial score (nSPS) is 24.6. The molecule has 1 unspecified atom stereocenters. The van der Waals surface area contributed by atoms with Crippen LogP contribution in [0.4, 0.5) is 5.82 Å². The third-order valence-corrected chi connectivity index (χ3v) is 9.21. The van der Waals surface area contributed by atoms with Crippen LogP contribution < -0.4 is 9.64 Å². The summed E-state index contributed by atoms with van der Waals surface area (Å²) in [4.78, 5) is 31.6. The van der Waals surface area contributed by atoms with Gasteiger partial charge < -0.3 is 19.4 Å². The highest BCUT2D eigenvalue weighted by atomic mass is 16.5. The Morgan fingerprint density at radius 2 is 2.05 bits per heavy atom. The van der Waals surface area contributed by atoms with Gasteiger partial charge in [-0.2, -0.15) is 15.2 Å². The number of likely N-dealkylation sites (N-methyl/N-ethyl adjacent to an activating group) is 1. The number of rotatable bonds is 8. The van der Waals surface area contributed by atoms with Crippen LogP contribution in [0.2, 0.25) is 0 Å². The number of hydrogen-bond donors (Lipinski definition) is 0. The zero-order valence-electron chi connectivity index (χ0n) is 23.5. The molecule has 210 valence electrons. The first-order valence-corrected chi connectivity index (χ1v) is 14.6. The van der Waals surface area contributed by atoms with Crippen LogP contribution in [0.25, 0.3) is 0 Å².